The number of fused-ring (bicyclic) bond motifs is 2. The zero-order valence-corrected chi connectivity index (χ0v) is 23.5. The predicted octanol–water partition coefficient (Wildman–Crippen LogP) is 5.85. The van der Waals surface area contributed by atoms with E-state index in [9.17, 15) is 4.79 Å². The number of methoxy groups -OCH3 is 2. The average Bonchev–Trinajstić information content (AvgIpc) is 3.58. The predicted molar refractivity (Wildman–Crippen MR) is 152 cm³/mol. The first-order chi connectivity index (χ1) is 19.9. The van der Waals surface area contributed by atoms with Crippen molar-refractivity contribution >= 4 is 38.6 Å². The summed E-state index contributed by atoms with van der Waals surface area (Å²) in [5.41, 5.74) is 4.43. The molecule has 210 valence electrons. The standard InChI is InChI=1S/C30H27FN4O5S/c1-16-9-18(29-21(10-16)34-27(38-3)15-33-29)30-35-20-12-19(31)24(13-25(20)41-30)39-22-5-4-6-23(22)40-28(36)11-17-7-8-26(37-2)32-14-17/h7-10,12-15,22-23H,4-6,11H2,1-3H3/t22-,23+/m0/s1. The van der Waals surface area contributed by atoms with Crippen molar-refractivity contribution in [2.45, 2.75) is 44.8 Å². The third-order valence-electron chi connectivity index (χ3n) is 6.96. The second-order valence-electron chi connectivity index (χ2n) is 9.86. The number of thiazole rings is 1. The van der Waals surface area contributed by atoms with Crippen LogP contribution in [0.15, 0.2) is 48.8 Å². The number of pyridine rings is 1. The molecule has 0 radical (unpaired) electrons. The average molecular weight is 575 g/mol. The molecule has 3 aromatic heterocycles. The number of aryl methyl sites for hydroxylation is 1. The Morgan fingerprint density at radius 2 is 1.80 bits per heavy atom. The zero-order chi connectivity index (χ0) is 28.5. The Hall–Kier alpha value is -4.38. The molecule has 3 heterocycles. The maximum atomic E-state index is 15.2. The molecule has 0 N–H and O–H groups in total. The van der Waals surface area contributed by atoms with E-state index in [0.29, 0.717) is 46.2 Å². The molecule has 5 aromatic rings. The number of esters is 1. The minimum Gasteiger partial charge on any atom is -0.483 e. The van der Waals surface area contributed by atoms with Gasteiger partial charge in [-0.3, -0.25) is 4.79 Å². The quantitative estimate of drug-likeness (QED) is 0.211. The highest BCUT2D eigenvalue weighted by molar-refractivity contribution is 7.21. The number of halogens is 1. The summed E-state index contributed by atoms with van der Waals surface area (Å²) >= 11 is 1.42. The molecule has 0 bridgehead atoms. The minimum atomic E-state index is -0.519. The molecule has 1 saturated carbocycles. The molecule has 1 aliphatic carbocycles. The van der Waals surface area contributed by atoms with Gasteiger partial charge in [0.15, 0.2) is 11.6 Å². The number of hydrogen-bond acceptors (Lipinski definition) is 10. The number of carbonyl (C=O) groups excluding carboxylic acids is 1. The lowest BCUT2D eigenvalue weighted by molar-refractivity contribution is -0.151. The van der Waals surface area contributed by atoms with Gasteiger partial charge in [-0.1, -0.05) is 6.07 Å². The molecule has 1 aliphatic rings. The second-order valence-corrected chi connectivity index (χ2v) is 10.9. The molecule has 0 aliphatic heterocycles. The maximum Gasteiger partial charge on any atom is 0.310 e. The Morgan fingerprint density at radius 1 is 0.976 bits per heavy atom. The highest BCUT2D eigenvalue weighted by Gasteiger charge is 2.33. The summed E-state index contributed by atoms with van der Waals surface area (Å²) in [4.78, 5) is 30.5. The molecule has 6 rings (SSSR count). The van der Waals surface area contributed by atoms with Crippen LogP contribution in [0.1, 0.15) is 30.4 Å². The topological polar surface area (TPSA) is 106 Å². The van der Waals surface area contributed by atoms with Crippen molar-refractivity contribution in [1.29, 1.82) is 0 Å². The van der Waals surface area contributed by atoms with Crippen LogP contribution in [0.25, 0.3) is 31.8 Å². The van der Waals surface area contributed by atoms with Crippen LogP contribution in [-0.4, -0.2) is 52.3 Å². The van der Waals surface area contributed by atoms with Gasteiger partial charge in [0.1, 0.15) is 17.2 Å². The Morgan fingerprint density at radius 3 is 2.59 bits per heavy atom. The molecular formula is C30H27FN4O5S. The van der Waals surface area contributed by atoms with Crippen LogP contribution in [0.5, 0.6) is 17.5 Å². The fourth-order valence-corrected chi connectivity index (χ4v) is 5.98. The van der Waals surface area contributed by atoms with Gasteiger partial charge in [0.25, 0.3) is 0 Å². The minimum absolute atomic E-state index is 0.0784. The van der Waals surface area contributed by atoms with E-state index in [0.717, 1.165) is 27.8 Å². The fourth-order valence-electron chi connectivity index (χ4n) is 4.98. The Labute approximate surface area is 239 Å². The largest absolute Gasteiger partial charge is 0.483 e. The van der Waals surface area contributed by atoms with E-state index in [4.69, 9.17) is 23.9 Å². The molecule has 0 amide bonds. The van der Waals surface area contributed by atoms with Crippen molar-refractivity contribution in [3.05, 3.63) is 65.7 Å². The number of carbonyl (C=O) groups is 1. The van der Waals surface area contributed by atoms with Gasteiger partial charge in [-0.05, 0) is 49.4 Å². The van der Waals surface area contributed by atoms with E-state index < -0.39 is 18.0 Å². The fraction of sp³-hybridized carbons (Fsp3) is 0.300. The van der Waals surface area contributed by atoms with Gasteiger partial charge in [0.2, 0.25) is 11.8 Å². The second kappa shape index (κ2) is 11.2. The normalized spacial score (nSPS) is 16.7. The van der Waals surface area contributed by atoms with Crippen LogP contribution < -0.4 is 14.2 Å². The zero-order valence-electron chi connectivity index (χ0n) is 22.7. The Kier molecular flexibility index (Phi) is 7.36. The number of aromatic nitrogens is 4. The maximum absolute atomic E-state index is 15.2. The van der Waals surface area contributed by atoms with E-state index in [2.05, 4.69) is 15.0 Å². The van der Waals surface area contributed by atoms with Crippen molar-refractivity contribution in [1.82, 2.24) is 19.9 Å². The molecule has 41 heavy (non-hydrogen) atoms. The van der Waals surface area contributed by atoms with E-state index in [-0.39, 0.29) is 18.1 Å². The van der Waals surface area contributed by atoms with Gasteiger partial charge < -0.3 is 18.9 Å². The van der Waals surface area contributed by atoms with E-state index >= 15 is 4.39 Å². The van der Waals surface area contributed by atoms with Crippen LogP contribution in [0, 0.1) is 12.7 Å². The van der Waals surface area contributed by atoms with E-state index in [1.807, 2.05) is 19.1 Å². The van der Waals surface area contributed by atoms with Gasteiger partial charge in [-0.15, -0.1) is 11.3 Å². The first-order valence-electron chi connectivity index (χ1n) is 13.2. The Bertz CT molecular complexity index is 1740. The lowest BCUT2D eigenvalue weighted by Crippen LogP contribution is -2.31. The van der Waals surface area contributed by atoms with Crippen molar-refractivity contribution < 1.29 is 28.1 Å². The molecule has 0 spiro atoms. The number of benzene rings is 2. The summed E-state index contributed by atoms with van der Waals surface area (Å²) in [5.74, 6) is 0.107. The van der Waals surface area contributed by atoms with Gasteiger partial charge in [0, 0.05) is 30.0 Å². The summed E-state index contributed by atoms with van der Waals surface area (Å²) in [6.07, 6.45) is 4.44. The molecule has 2 atom stereocenters. The highest BCUT2D eigenvalue weighted by Crippen LogP contribution is 2.38. The first kappa shape index (κ1) is 26.8. The van der Waals surface area contributed by atoms with Crippen molar-refractivity contribution in [3.63, 3.8) is 0 Å². The van der Waals surface area contributed by atoms with Crippen LogP contribution in [-0.2, 0) is 16.0 Å². The third-order valence-corrected chi connectivity index (χ3v) is 8.01. The number of rotatable bonds is 8. The molecule has 11 heteroatoms. The number of nitrogens with zero attached hydrogens (tertiary/aromatic N) is 4. The van der Waals surface area contributed by atoms with Gasteiger partial charge in [-0.25, -0.2) is 24.3 Å². The number of hydrogen-bond donors (Lipinski definition) is 0. The van der Waals surface area contributed by atoms with Gasteiger partial charge in [0.05, 0.1) is 48.1 Å². The van der Waals surface area contributed by atoms with Crippen molar-refractivity contribution in [2.24, 2.45) is 0 Å². The van der Waals surface area contributed by atoms with Crippen LogP contribution in [0.4, 0.5) is 4.39 Å². The third kappa shape index (κ3) is 5.62. The summed E-state index contributed by atoms with van der Waals surface area (Å²) in [7, 11) is 3.08. The summed E-state index contributed by atoms with van der Waals surface area (Å²) in [6.45, 7) is 1.97. The molecule has 0 saturated heterocycles. The summed E-state index contributed by atoms with van der Waals surface area (Å²) in [6, 6.07) is 10.4. The first-order valence-corrected chi connectivity index (χ1v) is 14.0. The highest BCUT2D eigenvalue weighted by atomic mass is 32.1. The Balaban J connectivity index is 1.21. The molecule has 1 fully saturated rings. The monoisotopic (exact) mass is 574 g/mol. The van der Waals surface area contributed by atoms with Crippen LogP contribution in [0.2, 0.25) is 0 Å². The molecular weight excluding hydrogens is 547 g/mol. The van der Waals surface area contributed by atoms with Crippen LogP contribution >= 0.6 is 11.3 Å². The van der Waals surface area contributed by atoms with E-state index in [1.165, 1.54) is 24.5 Å². The molecule has 9 nitrogen and oxygen atoms in total. The van der Waals surface area contributed by atoms with Crippen molar-refractivity contribution in [2.75, 3.05) is 14.2 Å². The van der Waals surface area contributed by atoms with E-state index in [1.54, 1.807) is 37.7 Å². The summed E-state index contributed by atoms with van der Waals surface area (Å²) < 4.78 is 38.1. The smallest absolute Gasteiger partial charge is 0.310 e. The molecule has 0 unspecified atom stereocenters. The van der Waals surface area contributed by atoms with Gasteiger partial charge in [-0.2, -0.15) is 0 Å². The van der Waals surface area contributed by atoms with Crippen LogP contribution in [0.3, 0.4) is 0 Å². The lowest BCUT2D eigenvalue weighted by atomic mass is 10.1. The summed E-state index contributed by atoms with van der Waals surface area (Å²) in [5, 5.41) is 0.699. The van der Waals surface area contributed by atoms with Crippen molar-refractivity contribution in [3.8, 4) is 28.1 Å². The number of ether oxygens (including phenoxy) is 4. The lowest BCUT2D eigenvalue weighted by Gasteiger charge is -2.22. The van der Waals surface area contributed by atoms with Gasteiger partial charge >= 0.3 is 5.97 Å². The SMILES string of the molecule is COc1ccc(CC(=O)O[C@@H]2CCC[C@@H]2Oc2cc3sc(-c4cc(C)cc5nc(OC)cnc45)nc3cc2F)cn1. The molecule has 2 aromatic carbocycles.